The molecule has 0 spiro atoms. The zero-order valence-corrected chi connectivity index (χ0v) is 10.9. The van der Waals surface area contributed by atoms with Crippen molar-refractivity contribution in [2.75, 3.05) is 26.3 Å². The van der Waals surface area contributed by atoms with Crippen LogP contribution in [0.4, 0.5) is 0 Å². The molecule has 1 saturated heterocycles. The fraction of sp³-hybridized carbons (Fsp3) is 0.909. The Morgan fingerprint density at radius 1 is 1.35 bits per heavy atom. The fourth-order valence-electron chi connectivity index (χ4n) is 2.00. The van der Waals surface area contributed by atoms with Crippen molar-refractivity contribution in [2.24, 2.45) is 0 Å². The number of nitrogens with zero attached hydrogens (tertiary/aromatic N) is 4. The van der Waals surface area contributed by atoms with E-state index in [0.717, 1.165) is 45.1 Å². The molecular formula is C11H22N5O+. The summed E-state index contributed by atoms with van der Waals surface area (Å²) in [7, 11) is 0. The maximum Gasteiger partial charge on any atom is 0.206 e. The summed E-state index contributed by atoms with van der Waals surface area (Å²) in [6.45, 7) is 11.1. The summed E-state index contributed by atoms with van der Waals surface area (Å²) in [5.74, 6) is 0.980. The van der Waals surface area contributed by atoms with Gasteiger partial charge in [0.15, 0.2) is 0 Å². The van der Waals surface area contributed by atoms with Crippen LogP contribution in [-0.2, 0) is 16.8 Å². The van der Waals surface area contributed by atoms with Gasteiger partial charge >= 0.3 is 0 Å². The van der Waals surface area contributed by atoms with Crippen LogP contribution in [0.5, 0.6) is 0 Å². The normalized spacial score (nSPS) is 18.5. The van der Waals surface area contributed by atoms with E-state index in [0.29, 0.717) is 0 Å². The minimum Gasteiger partial charge on any atom is -0.370 e. The van der Waals surface area contributed by atoms with Gasteiger partial charge in [0.05, 0.1) is 18.8 Å². The van der Waals surface area contributed by atoms with E-state index in [1.54, 1.807) is 0 Å². The number of tetrazole rings is 1. The number of hydrogen-bond donors (Lipinski definition) is 1. The van der Waals surface area contributed by atoms with Gasteiger partial charge in [0.2, 0.25) is 5.82 Å². The molecule has 0 atom stereocenters. The molecule has 1 aliphatic rings. The van der Waals surface area contributed by atoms with Crippen LogP contribution in [-0.4, -0.2) is 46.5 Å². The van der Waals surface area contributed by atoms with Gasteiger partial charge in [-0.25, -0.2) is 4.68 Å². The van der Waals surface area contributed by atoms with Gasteiger partial charge in [-0.2, -0.15) is 0 Å². The highest BCUT2D eigenvalue weighted by atomic mass is 16.5. The van der Waals surface area contributed by atoms with Crippen LogP contribution in [0.1, 0.15) is 33.0 Å². The topological polar surface area (TPSA) is 57.3 Å². The lowest BCUT2D eigenvalue weighted by atomic mass is 10.0. The quantitative estimate of drug-likeness (QED) is 0.751. The third kappa shape index (κ3) is 2.81. The van der Waals surface area contributed by atoms with E-state index >= 15 is 0 Å². The largest absolute Gasteiger partial charge is 0.370 e. The van der Waals surface area contributed by atoms with Gasteiger partial charge in [0, 0.05) is 0 Å². The average Bonchev–Trinajstić information content (AvgIpc) is 2.79. The van der Waals surface area contributed by atoms with Gasteiger partial charge in [-0.1, -0.05) is 6.92 Å². The van der Waals surface area contributed by atoms with Crippen LogP contribution in [0, 0.1) is 0 Å². The molecule has 6 nitrogen and oxygen atoms in total. The summed E-state index contributed by atoms with van der Waals surface area (Å²) in [6, 6.07) is 0. The maximum absolute atomic E-state index is 5.36. The van der Waals surface area contributed by atoms with E-state index in [9.17, 15) is 0 Å². The Labute approximate surface area is 102 Å². The summed E-state index contributed by atoms with van der Waals surface area (Å²) in [5.41, 5.74) is -0.00936. The van der Waals surface area contributed by atoms with Gasteiger partial charge in [-0.3, -0.25) is 0 Å². The maximum atomic E-state index is 5.36. The average molecular weight is 240 g/mol. The summed E-state index contributed by atoms with van der Waals surface area (Å²) >= 11 is 0. The molecule has 1 N–H and O–H groups in total. The molecule has 1 aromatic heterocycles. The van der Waals surface area contributed by atoms with Crippen molar-refractivity contribution < 1.29 is 9.64 Å². The van der Waals surface area contributed by atoms with Crippen LogP contribution in [0.15, 0.2) is 0 Å². The van der Waals surface area contributed by atoms with Crippen LogP contribution in [0.25, 0.3) is 0 Å². The highest BCUT2D eigenvalue weighted by Gasteiger charge is 2.26. The summed E-state index contributed by atoms with van der Waals surface area (Å²) in [6.07, 6.45) is 1.02. The summed E-state index contributed by atoms with van der Waals surface area (Å²) in [4.78, 5) is 1.50. The molecule has 6 heteroatoms. The molecule has 0 radical (unpaired) electrons. The third-order valence-corrected chi connectivity index (χ3v) is 3.58. The Morgan fingerprint density at radius 3 is 2.71 bits per heavy atom. The Kier molecular flexibility index (Phi) is 3.73. The standard InChI is InChI=1S/C11H21N5O/c1-4-11(2,3)16-10(12-13-14-16)9-15-5-7-17-8-6-15/h4-9H2,1-3H3/p+1. The van der Waals surface area contributed by atoms with Gasteiger partial charge in [0.1, 0.15) is 19.6 Å². The van der Waals surface area contributed by atoms with E-state index in [1.165, 1.54) is 4.90 Å². The van der Waals surface area contributed by atoms with E-state index in [4.69, 9.17) is 4.74 Å². The van der Waals surface area contributed by atoms with Gasteiger partial charge in [0.25, 0.3) is 0 Å². The molecule has 0 unspecified atom stereocenters. The lowest BCUT2D eigenvalue weighted by Gasteiger charge is -2.26. The summed E-state index contributed by atoms with van der Waals surface area (Å²) in [5, 5.41) is 12.1. The molecule has 1 aromatic rings. The number of rotatable bonds is 4. The molecule has 2 heterocycles. The number of morpholine rings is 1. The van der Waals surface area contributed by atoms with Crippen LogP contribution < -0.4 is 4.90 Å². The highest BCUT2D eigenvalue weighted by Crippen LogP contribution is 2.18. The first-order valence-electron chi connectivity index (χ1n) is 6.32. The Morgan fingerprint density at radius 2 is 2.06 bits per heavy atom. The molecule has 1 fully saturated rings. The molecule has 0 saturated carbocycles. The molecule has 0 aromatic carbocycles. The van der Waals surface area contributed by atoms with Crippen molar-refractivity contribution in [2.45, 2.75) is 39.3 Å². The zero-order chi connectivity index (χ0) is 12.3. The molecule has 2 rings (SSSR count). The summed E-state index contributed by atoms with van der Waals surface area (Å²) < 4.78 is 7.33. The highest BCUT2D eigenvalue weighted by molar-refractivity contribution is 4.85. The van der Waals surface area contributed by atoms with Gasteiger partial charge < -0.3 is 9.64 Å². The van der Waals surface area contributed by atoms with E-state index in [2.05, 4.69) is 36.3 Å². The van der Waals surface area contributed by atoms with Crippen molar-refractivity contribution in [1.82, 2.24) is 20.2 Å². The van der Waals surface area contributed by atoms with E-state index < -0.39 is 0 Å². The lowest BCUT2D eigenvalue weighted by Crippen LogP contribution is -3.13. The molecule has 0 aliphatic carbocycles. The van der Waals surface area contributed by atoms with Crippen LogP contribution in [0.3, 0.4) is 0 Å². The number of nitrogens with one attached hydrogen (secondary N) is 1. The third-order valence-electron chi connectivity index (χ3n) is 3.58. The smallest absolute Gasteiger partial charge is 0.206 e. The molecule has 0 bridgehead atoms. The van der Waals surface area contributed by atoms with Gasteiger partial charge in [-0.15, -0.1) is 5.10 Å². The molecular weight excluding hydrogens is 218 g/mol. The monoisotopic (exact) mass is 240 g/mol. The number of ether oxygens (including phenoxy) is 1. The Hall–Kier alpha value is -1.01. The minimum atomic E-state index is -0.00936. The number of hydrogen-bond acceptors (Lipinski definition) is 4. The predicted molar refractivity (Wildman–Crippen MR) is 62.6 cm³/mol. The minimum absolute atomic E-state index is 0.00936. The van der Waals surface area contributed by atoms with E-state index in [-0.39, 0.29) is 5.54 Å². The van der Waals surface area contributed by atoms with Crippen molar-refractivity contribution in [3.05, 3.63) is 5.82 Å². The second kappa shape index (κ2) is 5.10. The Bertz CT molecular complexity index is 356. The molecule has 17 heavy (non-hydrogen) atoms. The molecule has 0 amide bonds. The van der Waals surface area contributed by atoms with Crippen LogP contribution in [0.2, 0.25) is 0 Å². The van der Waals surface area contributed by atoms with Crippen molar-refractivity contribution in [3.8, 4) is 0 Å². The number of quaternary nitrogens is 1. The zero-order valence-electron chi connectivity index (χ0n) is 10.9. The van der Waals surface area contributed by atoms with Crippen molar-refractivity contribution >= 4 is 0 Å². The van der Waals surface area contributed by atoms with Crippen molar-refractivity contribution in [3.63, 3.8) is 0 Å². The predicted octanol–water partition coefficient (Wildman–Crippen LogP) is -0.767. The molecule has 96 valence electrons. The SMILES string of the molecule is CCC(C)(C)n1nnnc1C[NH+]1CCOCC1. The first-order valence-corrected chi connectivity index (χ1v) is 6.32. The van der Waals surface area contributed by atoms with Crippen molar-refractivity contribution in [1.29, 1.82) is 0 Å². The van der Waals surface area contributed by atoms with Crippen LogP contribution >= 0.6 is 0 Å². The Balaban J connectivity index is 2.08. The van der Waals surface area contributed by atoms with Gasteiger partial charge in [-0.05, 0) is 30.7 Å². The first-order chi connectivity index (χ1) is 8.13. The van der Waals surface area contributed by atoms with E-state index in [1.807, 2.05) is 4.68 Å². The first kappa shape index (κ1) is 12.4. The number of aromatic nitrogens is 4. The lowest BCUT2D eigenvalue weighted by molar-refractivity contribution is -0.922. The second-order valence-electron chi connectivity index (χ2n) is 5.21. The molecule has 1 aliphatic heterocycles. The second-order valence-corrected chi connectivity index (χ2v) is 5.21. The fourth-order valence-corrected chi connectivity index (χ4v) is 2.00.